The highest BCUT2D eigenvalue weighted by atomic mass is 19.1. The van der Waals surface area contributed by atoms with Crippen molar-refractivity contribution >= 4 is 11.6 Å². The van der Waals surface area contributed by atoms with E-state index in [0.717, 1.165) is 11.4 Å². The van der Waals surface area contributed by atoms with Gasteiger partial charge in [-0.15, -0.1) is 0 Å². The van der Waals surface area contributed by atoms with Crippen LogP contribution in [0.4, 0.5) is 10.1 Å². The van der Waals surface area contributed by atoms with Gasteiger partial charge < -0.3 is 10.2 Å². The molecule has 0 saturated carbocycles. The van der Waals surface area contributed by atoms with E-state index in [1.54, 1.807) is 12.1 Å². The number of likely N-dealkylation sites (N-methyl/N-ethyl adjacent to an activating group) is 1. The van der Waals surface area contributed by atoms with Gasteiger partial charge in [0.25, 0.3) is 5.91 Å². The Hall–Kier alpha value is -2.20. The Morgan fingerprint density at radius 1 is 1.10 bits per heavy atom. The fraction of sp³-hybridized carbons (Fsp3) is 0.188. The van der Waals surface area contributed by atoms with Crippen LogP contribution in [0, 0.1) is 5.82 Å². The van der Waals surface area contributed by atoms with Gasteiger partial charge in [-0.1, -0.05) is 30.3 Å². The monoisotopic (exact) mass is 273 g/mol. The first-order valence-corrected chi connectivity index (χ1v) is 6.54. The minimum Gasteiger partial charge on any atom is -0.326 e. The molecule has 20 heavy (non-hydrogen) atoms. The highest BCUT2D eigenvalue weighted by Gasteiger charge is 2.10. The third-order valence-electron chi connectivity index (χ3n) is 2.94. The lowest BCUT2D eigenvalue weighted by atomic mass is 10.2. The smallest absolute Gasteiger partial charge is 0.279 e. The minimum atomic E-state index is -0.310. The molecular formula is C16H18FN2O+. The second-order valence-electron chi connectivity index (χ2n) is 4.85. The van der Waals surface area contributed by atoms with Crippen LogP contribution in [-0.4, -0.2) is 19.5 Å². The number of hydrogen-bond acceptors (Lipinski definition) is 1. The van der Waals surface area contributed by atoms with Crippen LogP contribution in [0.25, 0.3) is 0 Å². The lowest BCUT2D eigenvalue weighted by Crippen LogP contribution is -3.08. The van der Waals surface area contributed by atoms with Crippen LogP contribution < -0.4 is 10.2 Å². The summed E-state index contributed by atoms with van der Waals surface area (Å²) >= 11 is 0. The molecule has 2 N–H and O–H groups in total. The zero-order chi connectivity index (χ0) is 14.4. The first kappa shape index (κ1) is 14.2. The van der Waals surface area contributed by atoms with E-state index in [2.05, 4.69) is 5.32 Å². The maximum Gasteiger partial charge on any atom is 0.279 e. The van der Waals surface area contributed by atoms with Crippen LogP contribution in [0.3, 0.4) is 0 Å². The Labute approximate surface area is 118 Å². The van der Waals surface area contributed by atoms with Gasteiger partial charge in [0.2, 0.25) is 0 Å². The number of carbonyl (C=O) groups is 1. The van der Waals surface area contributed by atoms with E-state index < -0.39 is 0 Å². The fourth-order valence-electron chi connectivity index (χ4n) is 2.02. The third-order valence-corrected chi connectivity index (χ3v) is 2.94. The zero-order valence-electron chi connectivity index (χ0n) is 11.4. The maximum atomic E-state index is 12.8. The largest absolute Gasteiger partial charge is 0.326 e. The van der Waals surface area contributed by atoms with Crippen LogP contribution in [0.1, 0.15) is 5.56 Å². The van der Waals surface area contributed by atoms with Crippen LogP contribution in [-0.2, 0) is 11.3 Å². The number of hydrogen-bond donors (Lipinski definition) is 2. The summed E-state index contributed by atoms with van der Waals surface area (Å²) in [6.45, 7) is 1.16. The van der Waals surface area contributed by atoms with Crippen molar-refractivity contribution in [2.45, 2.75) is 6.54 Å². The molecule has 3 nitrogen and oxygen atoms in total. The summed E-state index contributed by atoms with van der Waals surface area (Å²) in [6, 6.07) is 15.8. The molecule has 0 aromatic heterocycles. The highest BCUT2D eigenvalue weighted by molar-refractivity contribution is 5.91. The molecule has 1 unspecified atom stereocenters. The van der Waals surface area contributed by atoms with Crippen molar-refractivity contribution in [2.75, 3.05) is 18.9 Å². The minimum absolute atomic E-state index is 0.0787. The normalized spacial score (nSPS) is 11.9. The molecule has 0 heterocycles. The number of rotatable bonds is 5. The summed E-state index contributed by atoms with van der Waals surface area (Å²) in [5, 5.41) is 2.76. The summed E-state index contributed by atoms with van der Waals surface area (Å²) in [5.74, 6) is -0.389. The van der Waals surface area contributed by atoms with Crippen molar-refractivity contribution in [3.05, 3.63) is 66.0 Å². The van der Waals surface area contributed by atoms with Crippen LogP contribution in [0.5, 0.6) is 0 Å². The maximum absolute atomic E-state index is 12.8. The van der Waals surface area contributed by atoms with E-state index >= 15 is 0 Å². The Bertz CT molecular complexity index is 554. The standard InChI is InChI=1S/C16H17FN2O/c1-19(11-13-5-3-2-4-6-13)12-16(20)18-15-9-7-14(17)8-10-15/h2-10H,11-12H2,1H3,(H,18,20)/p+1. The molecule has 0 bridgehead atoms. The van der Waals surface area contributed by atoms with Crippen LogP contribution in [0.2, 0.25) is 0 Å². The number of quaternary nitrogens is 1. The van der Waals surface area contributed by atoms with Gasteiger partial charge in [-0.3, -0.25) is 4.79 Å². The van der Waals surface area contributed by atoms with Gasteiger partial charge in [0.05, 0.1) is 7.05 Å². The molecule has 2 rings (SSSR count). The molecule has 2 aromatic carbocycles. The lowest BCUT2D eigenvalue weighted by molar-refractivity contribution is -0.885. The average molecular weight is 273 g/mol. The molecule has 0 aliphatic rings. The lowest BCUT2D eigenvalue weighted by Gasteiger charge is -2.13. The van der Waals surface area contributed by atoms with Crippen molar-refractivity contribution in [2.24, 2.45) is 0 Å². The first-order chi connectivity index (χ1) is 9.63. The Kier molecular flexibility index (Phi) is 4.85. The molecule has 2 aromatic rings. The number of benzene rings is 2. The zero-order valence-corrected chi connectivity index (χ0v) is 11.4. The van der Waals surface area contributed by atoms with Crippen molar-refractivity contribution in [1.82, 2.24) is 0 Å². The third kappa shape index (κ3) is 4.48. The molecule has 4 heteroatoms. The van der Waals surface area contributed by atoms with Crippen molar-refractivity contribution < 1.29 is 14.1 Å². The molecule has 0 aliphatic heterocycles. The summed E-state index contributed by atoms with van der Waals surface area (Å²) in [6.07, 6.45) is 0. The predicted octanol–water partition coefficient (Wildman–Crippen LogP) is 1.48. The number of halogens is 1. The molecule has 0 spiro atoms. The fourth-order valence-corrected chi connectivity index (χ4v) is 2.02. The van der Waals surface area contributed by atoms with E-state index in [1.165, 1.54) is 17.7 Å². The summed E-state index contributed by atoms with van der Waals surface area (Å²) < 4.78 is 12.8. The molecule has 0 fully saturated rings. The number of amides is 1. The van der Waals surface area contributed by atoms with Gasteiger partial charge in [-0.2, -0.15) is 0 Å². The quantitative estimate of drug-likeness (QED) is 0.850. The molecule has 1 amide bonds. The summed E-state index contributed by atoms with van der Waals surface area (Å²) in [7, 11) is 1.97. The van der Waals surface area contributed by atoms with Crippen LogP contribution >= 0.6 is 0 Å². The van der Waals surface area contributed by atoms with Gasteiger partial charge in [-0.25, -0.2) is 4.39 Å². The van der Waals surface area contributed by atoms with Gasteiger partial charge in [0, 0.05) is 11.3 Å². The Morgan fingerprint density at radius 2 is 1.75 bits per heavy atom. The second-order valence-corrected chi connectivity index (χ2v) is 4.85. The topological polar surface area (TPSA) is 33.5 Å². The summed E-state index contributed by atoms with van der Waals surface area (Å²) in [5.41, 5.74) is 1.81. The molecule has 0 radical (unpaired) electrons. The average Bonchev–Trinajstić information content (AvgIpc) is 2.42. The first-order valence-electron chi connectivity index (χ1n) is 6.54. The molecule has 0 saturated heterocycles. The van der Waals surface area contributed by atoms with Gasteiger partial charge >= 0.3 is 0 Å². The van der Waals surface area contributed by atoms with Gasteiger partial charge in [0.15, 0.2) is 6.54 Å². The van der Waals surface area contributed by atoms with E-state index in [1.807, 2.05) is 37.4 Å². The molecule has 0 aliphatic carbocycles. The van der Waals surface area contributed by atoms with Gasteiger partial charge in [0.1, 0.15) is 12.4 Å². The van der Waals surface area contributed by atoms with E-state index in [-0.39, 0.29) is 11.7 Å². The SMILES string of the molecule is C[NH+](CC(=O)Nc1ccc(F)cc1)Cc1ccccc1. The molecular weight excluding hydrogens is 255 g/mol. The Balaban J connectivity index is 1.83. The second kappa shape index (κ2) is 6.82. The van der Waals surface area contributed by atoms with Crippen LogP contribution in [0.15, 0.2) is 54.6 Å². The van der Waals surface area contributed by atoms with Crippen molar-refractivity contribution in [3.8, 4) is 0 Å². The van der Waals surface area contributed by atoms with Crippen molar-refractivity contribution in [3.63, 3.8) is 0 Å². The predicted molar refractivity (Wildman–Crippen MR) is 76.9 cm³/mol. The number of nitrogens with one attached hydrogen (secondary N) is 2. The van der Waals surface area contributed by atoms with Crippen molar-refractivity contribution in [1.29, 1.82) is 0 Å². The highest BCUT2D eigenvalue weighted by Crippen LogP contribution is 2.07. The van der Waals surface area contributed by atoms with Gasteiger partial charge in [-0.05, 0) is 24.3 Å². The Morgan fingerprint density at radius 3 is 2.40 bits per heavy atom. The van der Waals surface area contributed by atoms with E-state index in [9.17, 15) is 9.18 Å². The summed E-state index contributed by atoms with van der Waals surface area (Å²) in [4.78, 5) is 13.0. The number of anilines is 1. The molecule has 1 atom stereocenters. The molecule has 104 valence electrons. The van der Waals surface area contributed by atoms with E-state index in [4.69, 9.17) is 0 Å². The number of carbonyl (C=O) groups excluding carboxylic acids is 1. The van der Waals surface area contributed by atoms with E-state index in [0.29, 0.717) is 12.2 Å².